The van der Waals surface area contributed by atoms with Crippen LogP contribution in [0.4, 0.5) is 0 Å². The maximum absolute atomic E-state index is 8.99. The van der Waals surface area contributed by atoms with Crippen molar-refractivity contribution in [3.63, 3.8) is 0 Å². The van der Waals surface area contributed by atoms with Gasteiger partial charge in [-0.15, -0.1) is 0 Å². The smallest absolute Gasteiger partial charge is 0.0595 e. The molecule has 0 spiro atoms. The summed E-state index contributed by atoms with van der Waals surface area (Å²) in [6.45, 7) is 2.87. The average molecular weight is 248 g/mol. The molecule has 0 aliphatic rings. The van der Waals surface area contributed by atoms with E-state index in [9.17, 15) is 0 Å². The molecule has 0 aliphatic heterocycles. The van der Waals surface area contributed by atoms with E-state index >= 15 is 0 Å². The molecule has 0 heterocycles. The van der Waals surface area contributed by atoms with Gasteiger partial charge in [0.15, 0.2) is 0 Å². The van der Waals surface area contributed by atoms with Gasteiger partial charge >= 0.3 is 0 Å². The Labute approximate surface area is 100 Å². The van der Waals surface area contributed by atoms with Gasteiger partial charge in [0, 0.05) is 12.6 Å². The average Bonchev–Trinajstić information content (AvgIpc) is 2.22. The largest absolute Gasteiger partial charge is 0.395 e. The number of rotatable bonds is 4. The lowest BCUT2D eigenvalue weighted by atomic mass is 10.2. The predicted molar refractivity (Wildman–Crippen MR) is 64.5 cm³/mol. The Morgan fingerprint density at radius 3 is 2.53 bits per heavy atom. The first-order valence-electron chi connectivity index (χ1n) is 4.79. The van der Waals surface area contributed by atoms with Crippen LogP contribution < -0.4 is 0 Å². The summed E-state index contributed by atoms with van der Waals surface area (Å²) in [6.07, 6.45) is 0. The molecule has 15 heavy (non-hydrogen) atoms. The molecule has 0 saturated heterocycles. The van der Waals surface area contributed by atoms with E-state index in [4.69, 9.17) is 28.3 Å². The summed E-state index contributed by atoms with van der Waals surface area (Å²) in [4.78, 5) is 2.06. The molecule has 1 N–H and O–H groups in total. The lowest BCUT2D eigenvalue weighted by Crippen LogP contribution is -2.31. The van der Waals surface area contributed by atoms with Crippen LogP contribution >= 0.6 is 23.2 Å². The highest BCUT2D eigenvalue weighted by Gasteiger charge is 2.08. The quantitative estimate of drug-likeness (QED) is 0.885. The van der Waals surface area contributed by atoms with Gasteiger partial charge in [-0.25, -0.2) is 0 Å². The Morgan fingerprint density at radius 1 is 1.33 bits per heavy atom. The molecule has 1 aromatic rings. The van der Waals surface area contributed by atoms with Crippen LogP contribution in [-0.4, -0.2) is 29.7 Å². The van der Waals surface area contributed by atoms with Gasteiger partial charge in [-0.05, 0) is 31.7 Å². The summed E-state index contributed by atoms with van der Waals surface area (Å²) >= 11 is 11.7. The zero-order chi connectivity index (χ0) is 11.4. The van der Waals surface area contributed by atoms with Crippen LogP contribution in [0.5, 0.6) is 0 Å². The van der Waals surface area contributed by atoms with Gasteiger partial charge in [-0.2, -0.15) is 0 Å². The lowest BCUT2D eigenvalue weighted by molar-refractivity contribution is 0.154. The number of hydrogen-bond acceptors (Lipinski definition) is 2. The van der Waals surface area contributed by atoms with Gasteiger partial charge < -0.3 is 5.11 Å². The van der Waals surface area contributed by atoms with E-state index in [0.717, 1.165) is 12.1 Å². The highest BCUT2D eigenvalue weighted by molar-refractivity contribution is 6.42. The molecule has 0 radical (unpaired) electrons. The Balaban J connectivity index is 2.68. The van der Waals surface area contributed by atoms with E-state index in [-0.39, 0.29) is 12.6 Å². The second kappa shape index (κ2) is 5.71. The first kappa shape index (κ1) is 12.8. The normalized spacial score (nSPS) is 13.2. The molecular formula is C11H15Cl2NO. The van der Waals surface area contributed by atoms with Crippen LogP contribution in [0, 0.1) is 0 Å². The number of benzene rings is 1. The molecule has 0 fully saturated rings. The number of halogens is 2. The highest BCUT2D eigenvalue weighted by atomic mass is 35.5. The minimum absolute atomic E-state index is 0.138. The zero-order valence-corrected chi connectivity index (χ0v) is 10.4. The molecular weight excluding hydrogens is 233 g/mol. The maximum atomic E-state index is 8.99. The zero-order valence-electron chi connectivity index (χ0n) is 8.87. The molecule has 0 aromatic heterocycles. The van der Waals surface area contributed by atoms with Crippen LogP contribution in [0.3, 0.4) is 0 Å². The predicted octanol–water partition coefficient (Wildman–Crippen LogP) is 2.81. The van der Waals surface area contributed by atoms with Gasteiger partial charge in [0.25, 0.3) is 0 Å². The Hall–Kier alpha value is -0.280. The van der Waals surface area contributed by atoms with E-state index in [2.05, 4.69) is 4.90 Å². The third-order valence-corrected chi connectivity index (χ3v) is 3.17. The number of hydrogen-bond donors (Lipinski definition) is 1. The third-order valence-electron chi connectivity index (χ3n) is 2.43. The summed E-state index contributed by atoms with van der Waals surface area (Å²) in [5.41, 5.74) is 1.09. The van der Waals surface area contributed by atoms with Crippen molar-refractivity contribution >= 4 is 23.2 Å². The van der Waals surface area contributed by atoms with E-state index in [1.54, 1.807) is 6.07 Å². The lowest BCUT2D eigenvalue weighted by Gasteiger charge is -2.22. The van der Waals surface area contributed by atoms with Gasteiger partial charge in [0.1, 0.15) is 0 Å². The molecule has 84 valence electrons. The first-order chi connectivity index (χ1) is 7.04. The number of aliphatic hydroxyl groups is 1. The minimum Gasteiger partial charge on any atom is -0.395 e. The molecule has 0 saturated carbocycles. The van der Waals surface area contributed by atoms with Crippen molar-refractivity contribution in [2.24, 2.45) is 0 Å². The molecule has 0 aliphatic carbocycles. The van der Waals surface area contributed by atoms with Crippen molar-refractivity contribution in [3.05, 3.63) is 33.8 Å². The fourth-order valence-corrected chi connectivity index (χ4v) is 1.54. The highest BCUT2D eigenvalue weighted by Crippen LogP contribution is 2.23. The number of likely N-dealkylation sites (N-methyl/N-ethyl adjacent to an activating group) is 1. The fraction of sp³-hybridized carbons (Fsp3) is 0.455. The van der Waals surface area contributed by atoms with Crippen molar-refractivity contribution < 1.29 is 5.11 Å². The van der Waals surface area contributed by atoms with Crippen LogP contribution in [0.1, 0.15) is 12.5 Å². The summed E-state index contributed by atoms with van der Waals surface area (Å²) in [7, 11) is 1.96. The van der Waals surface area contributed by atoms with Crippen molar-refractivity contribution in [2.45, 2.75) is 19.5 Å². The van der Waals surface area contributed by atoms with E-state index in [1.165, 1.54) is 0 Å². The van der Waals surface area contributed by atoms with Crippen molar-refractivity contribution in [1.29, 1.82) is 0 Å². The fourth-order valence-electron chi connectivity index (χ4n) is 1.22. The summed E-state index contributed by atoms with van der Waals surface area (Å²) in [5, 5.41) is 10.1. The molecule has 1 rings (SSSR count). The molecule has 1 aromatic carbocycles. The van der Waals surface area contributed by atoms with E-state index in [1.807, 2.05) is 26.1 Å². The molecule has 4 heteroatoms. The van der Waals surface area contributed by atoms with Crippen molar-refractivity contribution in [3.8, 4) is 0 Å². The number of nitrogens with zero attached hydrogens (tertiary/aromatic N) is 1. The van der Waals surface area contributed by atoms with Crippen LogP contribution in [-0.2, 0) is 6.54 Å². The van der Waals surface area contributed by atoms with E-state index < -0.39 is 0 Å². The van der Waals surface area contributed by atoms with E-state index in [0.29, 0.717) is 10.0 Å². The SMILES string of the molecule is CC(CO)N(C)Cc1ccc(Cl)c(Cl)c1. The Bertz CT molecular complexity index is 330. The molecule has 1 atom stereocenters. The standard InChI is InChI=1S/C11H15Cl2NO/c1-8(7-15)14(2)6-9-3-4-10(12)11(13)5-9/h3-5,8,15H,6-7H2,1-2H3. The van der Waals surface area contributed by atoms with Crippen molar-refractivity contribution in [2.75, 3.05) is 13.7 Å². The Kier molecular flexibility index (Phi) is 4.87. The van der Waals surface area contributed by atoms with Gasteiger partial charge in [-0.1, -0.05) is 29.3 Å². The summed E-state index contributed by atoms with van der Waals surface area (Å²) in [6, 6.07) is 5.72. The second-order valence-corrected chi connectivity index (χ2v) is 4.51. The Morgan fingerprint density at radius 2 is 2.00 bits per heavy atom. The second-order valence-electron chi connectivity index (χ2n) is 3.70. The number of aliphatic hydroxyl groups excluding tert-OH is 1. The molecule has 2 nitrogen and oxygen atoms in total. The molecule has 1 unspecified atom stereocenters. The maximum Gasteiger partial charge on any atom is 0.0595 e. The first-order valence-corrected chi connectivity index (χ1v) is 5.55. The van der Waals surface area contributed by atoms with Crippen LogP contribution in [0.25, 0.3) is 0 Å². The third kappa shape index (κ3) is 3.65. The summed E-state index contributed by atoms with van der Waals surface area (Å²) in [5.74, 6) is 0. The van der Waals surface area contributed by atoms with Gasteiger partial charge in [-0.3, -0.25) is 4.90 Å². The minimum atomic E-state index is 0.138. The molecule has 0 bridgehead atoms. The van der Waals surface area contributed by atoms with Crippen molar-refractivity contribution in [1.82, 2.24) is 4.90 Å². The summed E-state index contributed by atoms with van der Waals surface area (Å²) < 4.78 is 0. The van der Waals surface area contributed by atoms with Crippen LogP contribution in [0.15, 0.2) is 18.2 Å². The monoisotopic (exact) mass is 247 g/mol. The molecule has 0 amide bonds. The van der Waals surface area contributed by atoms with Crippen LogP contribution in [0.2, 0.25) is 10.0 Å². The van der Waals surface area contributed by atoms with Gasteiger partial charge in [0.05, 0.1) is 16.7 Å². The van der Waals surface area contributed by atoms with Gasteiger partial charge in [0.2, 0.25) is 0 Å². The topological polar surface area (TPSA) is 23.5 Å².